The zero-order chi connectivity index (χ0) is 32.0. The number of unbranched alkanes of at least 4 members (excludes halogenated alkanes) is 1. The molecule has 0 N–H and O–H groups in total. The average Bonchev–Trinajstić information content (AvgIpc) is 3.29. The molecule has 0 spiro atoms. The Labute approximate surface area is 265 Å². The van der Waals surface area contributed by atoms with E-state index in [1.54, 1.807) is 4.90 Å². The number of hydrogen-bond donors (Lipinski definition) is 0. The lowest BCUT2D eigenvalue weighted by atomic mass is 10.1. The fourth-order valence-corrected chi connectivity index (χ4v) is 5.59. The number of nitriles is 1. The molecule has 0 aliphatic carbocycles. The lowest BCUT2D eigenvalue weighted by Gasteiger charge is -2.32. The van der Waals surface area contributed by atoms with Gasteiger partial charge in [-0.05, 0) is 88.9 Å². The van der Waals surface area contributed by atoms with Gasteiger partial charge in [-0.1, -0.05) is 37.6 Å². The number of nitrogens with zero attached hydrogens (tertiary/aromatic N) is 6. The molecule has 0 radical (unpaired) electrons. The minimum absolute atomic E-state index is 0.0321. The van der Waals surface area contributed by atoms with Crippen molar-refractivity contribution in [2.75, 3.05) is 19.7 Å². The lowest BCUT2D eigenvalue weighted by molar-refractivity contribution is 0.0206. The number of carbonyl (C=O) groups is 1. The second-order valence-corrected chi connectivity index (χ2v) is 12.7. The number of fused-ring (bicyclic) bond motifs is 1. The highest BCUT2D eigenvalue weighted by molar-refractivity contribution is 5.76. The number of ether oxygens (including phenoxy) is 2. The van der Waals surface area contributed by atoms with Crippen LogP contribution in [0.5, 0.6) is 5.75 Å². The van der Waals surface area contributed by atoms with Gasteiger partial charge in [0, 0.05) is 18.8 Å². The lowest BCUT2D eigenvalue weighted by Crippen LogP contribution is -2.43. The molecule has 9 heteroatoms. The molecule has 236 valence electrons. The summed E-state index contributed by atoms with van der Waals surface area (Å²) in [6.07, 6.45) is 3.25. The van der Waals surface area contributed by atoms with E-state index in [1.807, 2.05) is 64.1 Å². The van der Waals surface area contributed by atoms with E-state index in [1.165, 1.54) is 0 Å². The van der Waals surface area contributed by atoms with Crippen molar-refractivity contribution in [1.29, 1.82) is 5.26 Å². The summed E-state index contributed by atoms with van der Waals surface area (Å²) in [6.45, 7) is 12.7. The maximum atomic E-state index is 12.7. The van der Waals surface area contributed by atoms with Crippen molar-refractivity contribution in [3.8, 4) is 11.8 Å². The molecule has 4 aromatic rings. The van der Waals surface area contributed by atoms with Crippen LogP contribution in [0.1, 0.15) is 75.9 Å². The van der Waals surface area contributed by atoms with Gasteiger partial charge in [-0.15, -0.1) is 0 Å². The number of pyridine rings is 1. The number of imidazole rings is 1. The van der Waals surface area contributed by atoms with Gasteiger partial charge >= 0.3 is 6.09 Å². The number of hydrogen-bond acceptors (Lipinski definition) is 6. The van der Waals surface area contributed by atoms with Gasteiger partial charge in [0.15, 0.2) is 0 Å². The van der Waals surface area contributed by atoms with E-state index in [4.69, 9.17) is 19.5 Å². The Morgan fingerprint density at radius 2 is 1.67 bits per heavy atom. The standard InChI is InChI=1S/C36H44N6O3/c1-6-7-22-44-33-17-12-26(2)38-30(33)25-42-32-11-9-8-10-31(32)41(24-28-15-13-27(23-37)14-16-28)34(42)39-29-18-20-40(21-19-29)35(43)45-36(3,4)5/h8-17,29H,6-7,18-22,24-25H2,1-5H3. The summed E-state index contributed by atoms with van der Waals surface area (Å²) in [7, 11) is 0. The highest BCUT2D eigenvalue weighted by atomic mass is 16.6. The molecular formula is C36H44N6O3. The molecule has 1 aliphatic rings. The summed E-state index contributed by atoms with van der Waals surface area (Å²) in [5.41, 5.74) is 5.95. The number of benzene rings is 2. The SMILES string of the molecule is CCCCOc1ccc(C)nc1Cn1c(=NC2CCN(C(=O)OC(C)(C)C)CC2)n(Cc2ccc(C#N)cc2)c2ccccc21. The molecule has 2 aromatic carbocycles. The summed E-state index contributed by atoms with van der Waals surface area (Å²) in [4.78, 5) is 24.9. The van der Waals surface area contributed by atoms with Crippen molar-refractivity contribution >= 4 is 17.1 Å². The Morgan fingerprint density at radius 3 is 2.29 bits per heavy atom. The Morgan fingerprint density at radius 1 is 1.00 bits per heavy atom. The van der Waals surface area contributed by atoms with Crippen molar-refractivity contribution in [3.05, 3.63) is 88.8 Å². The highest BCUT2D eigenvalue weighted by Crippen LogP contribution is 2.23. The molecule has 1 fully saturated rings. The summed E-state index contributed by atoms with van der Waals surface area (Å²) in [5.74, 6) is 0.794. The molecule has 1 aliphatic heterocycles. The van der Waals surface area contributed by atoms with Crippen molar-refractivity contribution in [2.45, 2.75) is 85.0 Å². The van der Waals surface area contributed by atoms with Crippen molar-refractivity contribution in [3.63, 3.8) is 0 Å². The smallest absolute Gasteiger partial charge is 0.410 e. The van der Waals surface area contributed by atoms with E-state index >= 15 is 0 Å². The Balaban J connectivity index is 1.56. The number of rotatable bonds is 9. The van der Waals surface area contributed by atoms with E-state index in [-0.39, 0.29) is 12.1 Å². The first kappa shape index (κ1) is 31.8. The van der Waals surface area contributed by atoms with Crippen LogP contribution in [-0.2, 0) is 17.8 Å². The normalized spacial score (nSPS) is 14.5. The first-order valence-corrected chi connectivity index (χ1v) is 15.9. The molecule has 1 amide bonds. The van der Waals surface area contributed by atoms with Crippen LogP contribution in [0.4, 0.5) is 4.79 Å². The molecule has 0 unspecified atom stereocenters. The van der Waals surface area contributed by atoms with Crippen LogP contribution in [-0.4, -0.2) is 56.5 Å². The minimum atomic E-state index is -0.529. The monoisotopic (exact) mass is 608 g/mol. The van der Waals surface area contributed by atoms with Crippen molar-refractivity contribution in [2.24, 2.45) is 4.99 Å². The fraction of sp³-hybridized carbons (Fsp3) is 0.444. The molecule has 0 saturated carbocycles. The van der Waals surface area contributed by atoms with E-state index in [0.29, 0.717) is 38.3 Å². The van der Waals surface area contributed by atoms with Gasteiger partial charge in [-0.3, -0.25) is 4.98 Å². The van der Waals surface area contributed by atoms with Crippen LogP contribution >= 0.6 is 0 Å². The molecule has 3 heterocycles. The third-order valence-electron chi connectivity index (χ3n) is 7.92. The number of para-hydroxylation sites is 2. The number of piperidine rings is 1. The van der Waals surface area contributed by atoms with Gasteiger partial charge in [-0.2, -0.15) is 5.26 Å². The predicted molar refractivity (Wildman–Crippen MR) is 175 cm³/mol. The Kier molecular flexibility index (Phi) is 9.92. The number of likely N-dealkylation sites (tertiary alicyclic amines) is 1. The zero-order valence-electron chi connectivity index (χ0n) is 27.1. The molecule has 45 heavy (non-hydrogen) atoms. The van der Waals surface area contributed by atoms with Crippen LogP contribution in [0.15, 0.2) is 65.7 Å². The van der Waals surface area contributed by atoms with Gasteiger partial charge in [0.2, 0.25) is 5.62 Å². The Hall–Kier alpha value is -4.58. The molecule has 2 aromatic heterocycles. The van der Waals surface area contributed by atoms with Crippen LogP contribution in [0.25, 0.3) is 11.0 Å². The van der Waals surface area contributed by atoms with Gasteiger partial charge in [0.05, 0.1) is 48.4 Å². The van der Waals surface area contributed by atoms with Crippen LogP contribution < -0.4 is 10.4 Å². The summed E-state index contributed by atoms with van der Waals surface area (Å²) >= 11 is 0. The maximum absolute atomic E-state index is 12.7. The van der Waals surface area contributed by atoms with Gasteiger partial charge in [0.25, 0.3) is 0 Å². The number of aryl methyl sites for hydroxylation is 1. The molecule has 1 saturated heterocycles. The topological polar surface area (TPSA) is 97.7 Å². The van der Waals surface area contributed by atoms with E-state index in [9.17, 15) is 10.1 Å². The zero-order valence-corrected chi connectivity index (χ0v) is 27.1. The Bertz CT molecular complexity index is 1730. The number of amides is 1. The van der Waals surface area contributed by atoms with Crippen LogP contribution in [0, 0.1) is 18.3 Å². The van der Waals surface area contributed by atoms with Crippen molar-refractivity contribution in [1.82, 2.24) is 19.0 Å². The van der Waals surface area contributed by atoms with Gasteiger partial charge < -0.3 is 23.5 Å². The van der Waals surface area contributed by atoms with Gasteiger partial charge in [0.1, 0.15) is 17.0 Å². The first-order chi connectivity index (χ1) is 21.6. The third kappa shape index (κ3) is 7.93. The quantitative estimate of drug-likeness (QED) is 0.200. The molecule has 5 rings (SSSR count). The third-order valence-corrected chi connectivity index (χ3v) is 7.92. The minimum Gasteiger partial charge on any atom is -0.492 e. The average molecular weight is 609 g/mol. The van der Waals surface area contributed by atoms with Crippen LogP contribution in [0.3, 0.4) is 0 Å². The second-order valence-electron chi connectivity index (χ2n) is 12.7. The van der Waals surface area contributed by atoms with Gasteiger partial charge in [-0.25, -0.2) is 9.79 Å². The summed E-state index contributed by atoms with van der Waals surface area (Å²) in [5, 5.41) is 9.33. The highest BCUT2D eigenvalue weighted by Gasteiger charge is 2.27. The fourth-order valence-electron chi connectivity index (χ4n) is 5.59. The molecule has 0 bridgehead atoms. The van der Waals surface area contributed by atoms with E-state index in [2.05, 4.69) is 46.4 Å². The molecule has 0 atom stereocenters. The summed E-state index contributed by atoms with van der Waals surface area (Å²) in [6, 6.07) is 22.3. The van der Waals surface area contributed by atoms with Crippen LogP contribution in [0.2, 0.25) is 0 Å². The first-order valence-electron chi connectivity index (χ1n) is 15.9. The molecular weight excluding hydrogens is 564 g/mol. The predicted octanol–water partition coefficient (Wildman–Crippen LogP) is 6.59. The largest absolute Gasteiger partial charge is 0.492 e. The summed E-state index contributed by atoms with van der Waals surface area (Å²) < 4.78 is 16.3. The van der Waals surface area contributed by atoms with E-state index < -0.39 is 5.60 Å². The number of carbonyl (C=O) groups excluding carboxylic acids is 1. The number of aromatic nitrogens is 3. The maximum Gasteiger partial charge on any atom is 0.410 e. The second kappa shape index (κ2) is 14.0. The van der Waals surface area contributed by atoms with E-state index in [0.717, 1.165) is 65.0 Å². The van der Waals surface area contributed by atoms with Crippen molar-refractivity contribution < 1.29 is 14.3 Å². The molecule has 9 nitrogen and oxygen atoms in total.